The minimum atomic E-state index is -4.49. The molecule has 0 amide bonds. The molecular formula is C15H16F3N3O4. The first kappa shape index (κ1) is 18.7. The zero-order valence-corrected chi connectivity index (χ0v) is 13.4. The van der Waals surface area contributed by atoms with E-state index < -0.39 is 22.8 Å². The van der Waals surface area contributed by atoms with Crippen molar-refractivity contribution in [1.82, 2.24) is 9.78 Å². The molecule has 136 valence electrons. The maximum atomic E-state index is 12.6. The fourth-order valence-corrected chi connectivity index (χ4v) is 2.34. The van der Waals surface area contributed by atoms with Crippen molar-refractivity contribution in [3.05, 3.63) is 51.3 Å². The molecule has 0 saturated carbocycles. The highest BCUT2D eigenvalue weighted by molar-refractivity contribution is 5.39. The Morgan fingerprint density at radius 2 is 2.08 bits per heavy atom. The first-order valence-electron chi connectivity index (χ1n) is 7.26. The van der Waals surface area contributed by atoms with Gasteiger partial charge < -0.3 is 9.84 Å². The Morgan fingerprint density at radius 1 is 1.40 bits per heavy atom. The Kier molecular flexibility index (Phi) is 5.31. The SMILES string of the molecule is Cc1nn(CC(O)COc2cccc(C(F)(F)F)c2)c(C)c1[N+](=O)[O-]. The van der Waals surface area contributed by atoms with Crippen LogP contribution in [0.15, 0.2) is 24.3 Å². The van der Waals surface area contributed by atoms with E-state index in [0.29, 0.717) is 0 Å². The minimum absolute atomic E-state index is 0.0341. The molecule has 7 nitrogen and oxygen atoms in total. The Morgan fingerprint density at radius 3 is 2.64 bits per heavy atom. The molecule has 1 unspecified atom stereocenters. The number of halogens is 3. The molecule has 1 heterocycles. The van der Waals surface area contributed by atoms with Crippen LogP contribution in [0.5, 0.6) is 5.75 Å². The number of nitrogens with zero attached hydrogens (tertiary/aromatic N) is 3. The molecule has 0 aliphatic carbocycles. The monoisotopic (exact) mass is 359 g/mol. The quantitative estimate of drug-likeness (QED) is 0.633. The molecule has 25 heavy (non-hydrogen) atoms. The summed E-state index contributed by atoms with van der Waals surface area (Å²) in [6.45, 7) is 2.61. The van der Waals surface area contributed by atoms with Crippen LogP contribution in [-0.2, 0) is 12.7 Å². The summed E-state index contributed by atoms with van der Waals surface area (Å²) in [5, 5.41) is 24.9. The average molecular weight is 359 g/mol. The van der Waals surface area contributed by atoms with Gasteiger partial charge in [0, 0.05) is 0 Å². The second-order valence-corrected chi connectivity index (χ2v) is 5.45. The molecular weight excluding hydrogens is 343 g/mol. The highest BCUT2D eigenvalue weighted by atomic mass is 19.4. The van der Waals surface area contributed by atoms with Crippen LogP contribution in [0.1, 0.15) is 17.0 Å². The van der Waals surface area contributed by atoms with E-state index in [-0.39, 0.29) is 36.0 Å². The summed E-state index contributed by atoms with van der Waals surface area (Å²) in [6, 6.07) is 4.30. The van der Waals surface area contributed by atoms with Gasteiger partial charge in [0.25, 0.3) is 0 Å². The van der Waals surface area contributed by atoms with Crippen molar-refractivity contribution in [2.24, 2.45) is 0 Å². The van der Waals surface area contributed by atoms with Crippen molar-refractivity contribution in [3.63, 3.8) is 0 Å². The fourth-order valence-electron chi connectivity index (χ4n) is 2.34. The van der Waals surface area contributed by atoms with E-state index in [2.05, 4.69) is 5.10 Å². The number of aliphatic hydroxyl groups is 1. The van der Waals surface area contributed by atoms with Crippen LogP contribution in [0.2, 0.25) is 0 Å². The molecule has 0 spiro atoms. The Labute approximate surface area is 140 Å². The Bertz CT molecular complexity index is 774. The van der Waals surface area contributed by atoms with Crippen molar-refractivity contribution >= 4 is 5.69 Å². The molecule has 0 aliphatic rings. The van der Waals surface area contributed by atoms with Gasteiger partial charge in [0.05, 0.1) is 17.0 Å². The number of nitro groups is 1. The van der Waals surface area contributed by atoms with Gasteiger partial charge in [0.15, 0.2) is 0 Å². The molecule has 1 aromatic heterocycles. The molecule has 2 rings (SSSR count). The maximum Gasteiger partial charge on any atom is 0.416 e. The van der Waals surface area contributed by atoms with Crippen LogP contribution in [-0.4, -0.2) is 32.5 Å². The molecule has 0 saturated heterocycles. The topological polar surface area (TPSA) is 90.4 Å². The molecule has 1 aromatic carbocycles. The first-order chi connectivity index (χ1) is 11.6. The van der Waals surface area contributed by atoms with Crippen molar-refractivity contribution in [2.45, 2.75) is 32.7 Å². The summed E-state index contributed by atoms with van der Waals surface area (Å²) >= 11 is 0. The van der Waals surface area contributed by atoms with Crippen LogP contribution in [0.25, 0.3) is 0 Å². The lowest BCUT2D eigenvalue weighted by atomic mass is 10.2. The smallest absolute Gasteiger partial charge is 0.416 e. The van der Waals surface area contributed by atoms with Gasteiger partial charge in [-0.1, -0.05) is 6.07 Å². The number of rotatable bonds is 6. The van der Waals surface area contributed by atoms with Crippen LogP contribution in [0.4, 0.5) is 18.9 Å². The first-order valence-corrected chi connectivity index (χ1v) is 7.26. The lowest BCUT2D eigenvalue weighted by molar-refractivity contribution is -0.386. The van der Waals surface area contributed by atoms with Crippen LogP contribution < -0.4 is 4.74 Å². The lowest BCUT2D eigenvalue weighted by Crippen LogP contribution is -2.25. The largest absolute Gasteiger partial charge is 0.491 e. The molecule has 0 radical (unpaired) electrons. The predicted octanol–water partition coefficient (Wildman–Crippen LogP) is 2.87. The molecule has 10 heteroatoms. The highest BCUT2D eigenvalue weighted by Crippen LogP contribution is 2.31. The molecule has 2 aromatic rings. The number of aryl methyl sites for hydroxylation is 1. The third kappa shape index (κ3) is 4.47. The second-order valence-electron chi connectivity index (χ2n) is 5.45. The van der Waals surface area contributed by atoms with Crippen molar-refractivity contribution in [1.29, 1.82) is 0 Å². The van der Waals surface area contributed by atoms with Gasteiger partial charge in [-0.2, -0.15) is 18.3 Å². The summed E-state index contributed by atoms with van der Waals surface area (Å²) in [5.74, 6) is -0.0341. The number of benzene rings is 1. The van der Waals surface area contributed by atoms with Gasteiger partial charge in [0.2, 0.25) is 0 Å². The Balaban J connectivity index is 2.01. The zero-order valence-electron chi connectivity index (χ0n) is 13.4. The molecule has 1 N–H and O–H groups in total. The summed E-state index contributed by atoms with van der Waals surface area (Å²) in [7, 11) is 0. The van der Waals surface area contributed by atoms with Gasteiger partial charge in [-0.3, -0.25) is 14.8 Å². The third-order valence-corrected chi connectivity index (χ3v) is 3.51. The van der Waals surface area contributed by atoms with Crippen LogP contribution >= 0.6 is 0 Å². The van der Waals surface area contributed by atoms with E-state index >= 15 is 0 Å². The van der Waals surface area contributed by atoms with Crippen molar-refractivity contribution < 1.29 is 27.9 Å². The minimum Gasteiger partial charge on any atom is -0.491 e. The third-order valence-electron chi connectivity index (χ3n) is 3.51. The number of hydrogen-bond acceptors (Lipinski definition) is 5. The normalized spacial score (nSPS) is 12.9. The summed E-state index contributed by atoms with van der Waals surface area (Å²) in [5.41, 5.74) is -0.492. The van der Waals surface area contributed by atoms with Gasteiger partial charge in [-0.05, 0) is 32.0 Å². The number of alkyl halides is 3. The lowest BCUT2D eigenvalue weighted by Gasteiger charge is -2.14. The number of ether oxygens (including phenoxy) is 1. The Hall–Kier alpha value is -2.62. The second kappa shape index (κ2) is 7.09. The van der Waals surface area contributed by atoms with Crippen molar-refractivity contribution in [2.75, 3.05) is 6.61 Å². The van der Waals surface area contributed by atoms with E-state index in [1.54, 1.807) is 0 Å². The molecule has 0 bridgehead atoms. The van der Waals surface area contributed by atoms with Gasteiger partial charge >= 0.3 is 11.9 Å². The van der Waals surface area contributed by atoms with E-state index in [0.717, 1.165) is 12.1 Å². The van der Waals surface area contributed by atoms with Crippen LogP contribution in [0, 0.1) is 24.0 Å². The van der Waals surface area contributed by atoms with E-state index in [1.165, 1.54) is 30.7 Å². The molecule has 0 fully saturated rings. The van der Waals surface area contributed by atoms with E-state index in [4.69, 9.17) is 4.74 Å². The summed E-state index contributed by atoms with van der Waals surface area (Å²) in [4.78, 5) is 10.4. The average Bonchev–Trinajstić information content (AvgIpc) is 2.78. The summed E-state index contributed by atoms with van der Waals surface area (Å²) < 4.78 is 44.3. The number of aliphatic hydroxyl groups excluding tert-OH is 1. The van der Waals surface area contributed by atoms with Gasteiger partial charge in [0.1, 0.15) is 29.8 Å². The van der Waals surface area contributed by atoms with Gasteiger partial charge in [-0.25, -0.2) is 0 Å². The summed E-state index contributed by atoms with van der Waals surface area (Å²) in [6.07, 6.45) is -5.59. The van der Waals surface area contributed by atoms with Gasteiger partial charge in [-0.15, -0.1) is 0 Å². The van der Waals surface area contributed by atoms with Crippen molar-refractivity contribution in [3.8, 4) is 5.75 Å². The maximum absolute atomic E-state index is 12.6. The number of hydrogen-bond donors (Lipinski definition) is 1. The van der Waals surface area contributed by atoms with E-state index in [9.17, 15) is 28.4 Å². The highest BCUT2D eigenvalue weighted by Gasteiger charge is 2.30. The number of aromatic nitrogens is 2. The van der Waals surface area contributed by atoms with Crippen LogP contribution in [0.3, 0.4) is 0 Å². The molecule has 0 aliphatic heterocycles. The standard InChI is InChI=1S/C15H16F3N3O4/c1-9-14(21(23)24)10(2)20(19-9)7-12(22)8-25-13-5-3-4-11(6-13)15(16,17)18/h3-6,12,22H,7-8H2,1-2H3. The zero-order chi connectivity index (χ0) is 18.8. The fraction of sp³-hybridized carbons (Fsp3) is 0.400. The van der Waals surface area contributed by atoms with E-state index in [1.807, 2.05) is 0 Å². The molecule has 1 atom stereocenters. The predicted molar refractivity (Wildman–Crippen MR) is 81.3 cm³/mol.